The van der Waals surface area contributed by atoms with E-state index in [9.17, 15) is 4.79 Å². The van der Waals surface area contributed by atoms with Gasteiger partial charge in [0, 0.05) is 29.9 Å². The minimum atomic E-state index is 0.152. The van der Waals surface area contributed by atoms with Crippen LogP contribution in [-0.2, 0) is 16.1 Å². The average molecular weight is 294 g/mol. The lowest BCUT2D eigenvalue weighted by Crippen LogP contribution is -2.41. The number of amides is 1. The molecule has 106 valence electrons. The second kappa shape index (κ2) is 5.81. The molecular formula is C14H16ClN3O2. The lowest BCUT2D eigenvalue weighted by Gasteiger charge is -2.26. The summed E-state index contributed by atoms with van der Waals surface area (Å²) in [4.78, 5) is 13.9. The number of ether oxygens (including phenoxy) is 1. The molecule has 0 aliphatic carbocycles. The van der Waals surface area contributed by atoms with E-state index < -0.39 is 0 Å². The van der Waals surface area contributed by atoms with E-state index in [1.54, 1.807) is 6.20 Å². The van der Waals surface area contributed by atoms with Gasteiger partial charge in [0.25, 0.3) is 0 Å². The molecule has 20 heavy (non-hydrogen) atoms. The van der Waals surface area contributed by atoms with Crippen LogP contribution in [0.5, 0.6) is 0 Å². The Morgan fingerprint density at radius 3 is 2.95 bits per heavy atom. The highest BCUT2D eigenvalue weighted by atomic mass is 35.5. The highest BCUT2D eigenvalue weighted by Crippen LogP contribution is 2.19. The number of halogens is 1. The number of fused-ring (bicyclic) bond motifs is 1. The fraction of sp³-hybridized carbons (Fsp3) is 0.429. The Hall–Kier alpha value is -1.59. The van der Waals surface area contributed by atoms with E-state index in [1.165, 1.54) is 0 Å². The molecule has 1 fully saturated rings. The Labute approximate surface area is 122 Å². The van der Waals surface area contributed by atoms with Crippen molar-refractivity contribution in [3.63, 3.8) is 0 Å². The Kier molecular flexibility index (Phi) is 3.89. The van der Waals surface area contributed by atoms with Crippen LogP contribution < -0.4 is 0 Å². The van der Waals surface area contributed by atoms with Crippen molar-refractivity contribution in [2.75, 3.05) is 26.3 Å². The number of hydrogen-bond acceptors (Lipinski definition) is 3. The molecule has 6 heteroatoms. The monoisotopic (exact) mass is 293 g/mol. The quantitative estimate of drug-likeness (QED) is 0.869. The number of carbonyl (C=O) groups is 1. The fourth-order valence-corrected chi connectivity index (χ4v) is 2.56. The van der Waals surface area contributed by atoms with Crippen LogP contribution in [0.1, 0.15) is 6.42 Å². The van der Waals surface area contributed by atoms with Gasteiger partial charge < -0.3 is 9.64 Å². The van der Waals surface area contributed by atoms with Gasteiger partial charge in [-0.05, 0) is 18.2 Å². The van der Waals surface area contributed by atoms with Gasteiger partial charge in [-0.3, -0.25) is 9.48 Å². The van der Waals surface area contributed by atoms with Crippen LogP contribution >= 0.6 is 11.6 Å². The van der Waals surface area contributed by atoms with Crippen molar-refractivity contribution in [2.45, 2.75) is 13.0 Å². The van der Waals surface area contributed by atoms with Crippen molar-refractivity contribution < 1.29 is 9.53 Å². The standard InChI is InChI=1S/C14H16ClN3O2/c15-12-2-1-11-10-16-18(13(11)9-12)4-3-14(19)17-5-7-20-8-6-17/h1-2,9-10H,3-8H2. The first-order valence-corrected chi connectivity index (χ1v) is 7.08. The SMILES string of the molecule is O=C(CCn1ncc2ccc(Cl)cc21)N1CCOCC1. The van der Waals surface area contributed by atoms with E-state index in [-0.39, 0.29) is 5.91 Å². The zero-order chi connectivity index (χ0) is 13.9. The van der Waals surface area contributed by atoms with Gasteiger partial charge in [-0.25, -0.2) is 0 Å². The third kappa shape index (κ3) is 2.78. The lowest BCUT2D eigenvalue weighted by molar-refractivity contribution is -0.135. The third-order valence-electron chi connectivity index (χ3n) is 3.51. The number of benzene rings is 1. The van der Waals surface area contributed by atoms with Gasteiger partial charge >= 0.3 is 0 Å². The van der Waals surface area contributed by atoms with Gasteiger partial charge in [0.2, 0.25) is 5.91 Å². The van der Waals surface area contributed by atoms with E-state index in [2.05, 4.69) is 5.10 Å². The molecule has 0 radical (unpaired) electrons. The summed E-state index contributed by atoms with van der Waals surface area (Å²) in [7, 11) is 0. The number of morpholine rings is 1. The highest BCUT2D eigenvalue weighted by Gasteiger charge is 2.16. The molecule has 2 aromatic rings. The molecule has 1 amide bonds. The van der Waals surface area contributed by atoms with Crippen LogP contribution in [0.2, 0.25) is 5.02 Å². The van der Waals surface area contributed by atoms with E-state index in [0.717, 1.165) is 10.9 Å². The number of aromatic nitrogens is 2. The molecule has 0 unspecified atom stereocenters. The van der Waals surface area contributed by atoms with Crippen LogP contribution in [0.3, 0.4) is 0 Å². The Morgan fingerprint density at radius 2 is 2.15 bits per heavy atom. The maximum atomic E-state index is 12.1. The molecule has 5 nitrogen and oxygen atoms in total. The number of aryl methyl sites for hydroxylation is 1. The molecular weight excluding hydrogens is 278 g/mol. The van der Waals surface area contributed by atoms with Crippen LogP contribution in [0.25, 0.3) is 10.9 Å². The zero-order valence-electron chi connectivity index (χ0n) is 11.1. The minimum Gasteiger partial charge on any atom is -0.378 e. The molecule has 1 aromatic carbocycles. The zero-order valence-corrected chi connectivity index (χ0v) is 11.8. The topological polar surface area (TPSA) is 47.4 Å². The first kappa shape index (κ1) is 13.4. The summed E-state index contributed by atoms with van der Waals surface area (Å²) in [5, 5.41) is 6.03. The van der Waals surface area contributed by atoms with Gasteiger partial charge in [-0.15, -0.1) is 0 Å². The summed E-state index contributed by atoms with van der Waals surface area (Å²) in [6, 6.07) is 5.66. The smallest absolute Gasteiger partial charge is 0.224 e. The lowest BCUT2D eigenvalue weighted by atomic mass is 10.2. The summed E-state index contributed by atoms with van der Waals surface area (Å²) >= 11 is 6.00. The number of nitrogens with zero attached hydrogens (tertiary/aromatic N) is 3. The van der Waals surface area contributed by atoms with Gasteiger partial charge in [0.05, 0.1) is 31.5 Å². The summed E-state index contributed by atoms with van der Waals surface area (Å²) in [6.45, 7) is 3.20. The van der Waals surface area contributed by atoms with Gasteiger partial charge in [-0.1, -0.05) is 11.6 Å². The highest BCUT2D eigenvalue weighted by molar-refractivity contribution is 6.31. The van der Waals surface area contributed by atoms with Crippen molar-refractivity contribution in [1.82, 2.24) is 14.7 Å². The molecule has 0 spiro atoms. The van der Waals surface area contributed by atoms with Crippen LogP contribution in [0.4, 0.5) is 0 Å². The molecule has 0 N–H and O–H groups in total. The van der Waals surface area contributed by atoms with Crippen LogP contribution in [-0.4, -0.2) is 46.9 Å². The molecule has 0 saturated carbocycles. The normalized spacial score (nSPS) is 15.8. The van der Waals surface area contributed by atoms with Crippen LogP contribution in [0, 0.1) is 0 Å². The second-order valence-corrected chi connectivity index (χ2v) is 5.25. The molecule has 0 bridgehead atoms. The van der Waals surface area contributed by atoms with Crippen molar-refractivity contribution in [3.8, 4) is 0 Å². The first-order chi connectivity index (χ1) is 9.74. The van der Waals surface area contributed by atoms with Crippen molar-refractivity contribution in [3.05, 3.63) is 29.4 Å². The molecule has 2 heterocycles. The van der Waals surface area contributed by atoms with E-state index in [0.29, 0.717) is 44.3 Å². The molecule has 0 atom stereocenters. The second-order valence-electron chi connectivity index (χ2n) is 4.81. The van der Waals surface area contributed by atoms with E-state index >= 15 is 0 Å². The summed E-state index contributed by atoms with van der Waals surface area (Å²) < 4.78 is 7.08. The predicted octanol–water partition coefficient (Wildman–Crippen LogP) is 1.94. The minimum absolute atomic E-state index is 0.152. The predicted molar refractivity (Wildman–Crippen MR) is 76.8 cm³/mol. The molecule has 1 aliphatic heterocycles. The third-order valence-corrected chi connectivity index (χ3v) is 3.74. The molecule has 1 aromatic heterocycles. The van der Waals surface area contributed by atoms with Gasteiger partial charge in [0.1, 0.15) is 0 Å². The molecule has 3 rings (SSSR count). The number of rotatable bonds is 3. The summed E-state index contributed by atoms with van der Waals surface area (Å²) in [6.07, 6.45) is 2.24. The number of hydrogen-bond donors (Lipinski definition) is 0. The van der Waals surface area contributed by atoms with E-state index in [4.69, 9.17) is 16.3 Å². The molecule has 1 saturated heterocycles. The Morgan fingerprint density at radius 1 is 1.35 bits per heavy atom. The largest absolute Gasteiger partial charge is 0.378 e. The van der Waals surface area contributed by atoms with Crippen molar-refractivity contribution >= 4 is 28.4 Å². The van der Waals surface area contributed by atoms with Crippen molar-refractivity contribution in [2.24, 2.45) is 0 Å². The summed E-state index contributed by atoms with van der Waals surface area (Å²) in [5.74, 6) is 0.152. The Bertz CT molecular complexity index is 620. The fourth-order valence-electron chi connectivity index (χ4n) is 2.39. The van der Waals surface area contributed by atoms with E-state index in [1.807, 2.05) is 27.8 Å². The van der Waals surface area contributed by atoms with Crippen LogP contribution in [0.15, 0.2) is 24.4 Å². The van der Waals surface area contributed by atoms with Crippen molar-refractivity contribution in [1.29, 1.82) is 0 Å². The maximum Gasteiger partial charge on any atom is 0.224 e. The first-order valence-electron chi connectivity index (χ1n) is 6.70. The summed E-state index contributed by atoms with van der Waals surface area (Å²) in [5.41, 5.74) is 0.965. The van der Waals surface area contributed by atoms with Gasteiger partial charge in [0.15, 0.2) is 0 Å². The Balaban J connectivity index is 1.67. The van der Waals surface area contributed by atoms with Gasteiger partial charge in [-0.2, -0.15) is 5.10 Å². The number of carbonyl (C=O) groups excluding carboxylic acids is 1. The maximum absolute atomic E-state index is 12.1. The molecule has 1 aliphatic rings. The average Bonchev–Trinajstić information content (AvgIpc) is 2.88.